The summed E-state index contributed by atoms with van der Waals surface area (Å²) in [6, 6.07) is 0. The average molecular weight is 159 g/mol. The predicted octanol–water partition coefficient (Wildman–Crippen LogP) is 2.36. The molecule has 1 nitrogen and oxygen atoms in total. The Morgan fingerprint density at radius 1 is 1.40 bits per heavy atom. The number of thiocarbonyl (C=S) groups is 1. The summed E-state index contributed by atoms with van der Waals surface area (Å²) < 4.78 is 0. The lowest BCUT2D eigenvalue weighted by Crippen LogP contribution is -2.33. The van der Waals surface area contributed by atoms with Crippen LogP contribution in [0.15, 0.2) is 0 Å². The summed E-state index contributed by atoms with van der Waals surface area (Å²) >= 11 is 5.15. The molecule has 0 saturated carbocycles. The summed E-state index contributed by atoms with van der Waals surface area (Å²) in [5.74, 6) is 0. The fraction of sp³-hybridized carbons (Fsp3) is 0.875. The molecule has 0 spiro atoms. The van der Waals surface area contributed by atoms with Crippen molar-refractivity contribution in [3.05, 3.63) is 0 Å². The first-order chi connectivity index (χ1) is 4.48. The highest BCUT2D eigenvalue weighted by Crippen LogP contribution is 2.13. The minimum atomic E-state index is 0.129. The van der Waals surface area contributed by atoms with Gasteiger partial charge in [-0.15, -0.1) is 0 Å². The molecule has 0 aliphatic heterocycles. The molecular formula is C8H17NS. The quantitative estimate of drug-likeness (QED) is 0.621. The molecule has 0 radical (unpaired) electrons. The SMILES string of the molecule is CCCNC(=S)C(C)(C)C. The van der Waals surface area contributed by atoms with Gasteiger partial charge in [-0.05, 0) is 6.42 Å². The Hall–Kier alpha value is -0.110. The summed E-state index contributed by atoms with van der Waals surface area (Å²) in [5.41, 5.74) is 0.129. The fourth-order valence-corrected chi connectivity index (χ4v) is 0.606. The molecule has 2 heteroatoms. The van der Waals surface area contributed by atoms with Gasteiger partial charge in [0.25, 0.3) is 0 Å². The normalized spacial score (nSPS) is 11.2. The maximum atomic E-state index is 5.15. The summed E-state index contributed by atoms with van der Waals surface area (Å²) in [6.07, 6.45) is 1.14. The van der Waals surface area contributed by atoms with Gasteiger partial charge < -0.3 is 5.32 Å². The zero-order valence-corrected chi connectivity index (χ0v) is 8.14. The second kappa shape index (κ2) is 3.91. The van der Waals surface area contributed by atoms with Crippen molar-refractivity contribution in [2.24, 2.45) is 5.41 Å². The van der Waals surface area contributed by atoms with Crippen LogP contribution in [0.5, 0.6) is 0 Å². The highest BCUT2D eigenvalue weighted by Gasteiger charge is 2.15. The highest BCUT2D eigenvalue weighted by molar-refractivity contribution is 7.80. The highest BCUT2D eigenvalue weighted by atomic mass is 32.1. The zero-order valence-electron chi connectivity index (χ0n) is 7.32. The minimum absolute atomic E-state index is 0.129. The van der Waals surface area contributed by atoms with E-state index < -0.39 is 0 Å². The van der Waals surface area contributed by atoms with Gasteiger partial charge >= 0.3 is 0 Å². The minimum Gasteiger partial charge on any atom is -0.379 e. The summed E-state index contributed by atoms with van der Waals surface area (Å²) in [5, 5.41) is 3.20. The first-order valence-electron chi connectivity index (χ1n) is 3.76. The van der Waals surface area contributed by atoms with Gasteiger partial charge in [0.1, 0.15) is 0 Å². The van der Waals surface area contributed by atoms with Gasteiger partial charge in [-0.25, -0.2) is 0 Å². The van der Waals surface area contributed by atoms with E-state index in [9.17, 15) is 0 Å². The Kier molecular flexibility index (Phi) is 3.87. The van der Waals surface area contributed by atoms with Gasteiger partial charge in [-0.3, -0.25) is 0 Å². The van der Waals surface area contributed by atoms with Crippen LogP contribution in [0.3, 0.4) is 0 Å². The van der Waals surface area contributed by atoms with Crippen molar-refractivity contribution in [3.63, 3.8) is 0 Å². The second-order valence-corrected chi connectivity index (χ2v) is 3.91. The molecule has 0 unspecified atom stereocenters. The van der Waals surface area contributed by atoms with Crippen molar-refractivity contribution in [2.75, 3.05) is 6.54 Å². The van der Waals surface area contributed by atoms with E-state index in [-0.39, 0.29) is 5.41 Å². The third kappa shape index (κ3) is 3.83. The number of hydrogen-bond donors (Lipinski definition) is 1. The van der Waals surface area contributed by atoms with E-state index in [1.807, 2.05) is 0 Å². The molecule has 1 N–H and O–H groups in total. The van der Waals surface area contributed by atoms with Crippen molar-refractivity contribution in [3.8, 4) is 0 Å². The third-order valence-electron chi connectivity index (χ3n) is 1.22. The molecule has 0 fully saturated rings. The Bertz CT molecular complexity index is 113. The van der Waals surface area contributed by atoms with Crippen LogP contribution in [0.2, 0.25) is 0 Å². The van der Waals surface area contributed by atoms with E-state index in [1.54, 1.807) is 0 Å². The van der Waals surface area contributed by atoms with Crippen LogP contribution < -0.4 is 5.32 Å². The molecule has 0 aliphatic rings. The molecular weight excluding hydrogens is 142 g/mol. The number of hydrogen-bond acceptors (Lipinski definition) is 1. The Morgan fingerprint density at radius 2 is 1.90 bits per heavy atom. The van der Waals surface area contributed by atoms with Gasteiger partial charge in [0, 0.05) is 12.0 Å². The molecule has 0 bridgehead atoms. The Morgan fingerprint density at radius 3 is 2.20 bits per heavy atom. The van der Waals surface area contributed by atoms with Gasteiger partial charge in [-0.1, -0.05) is 39.9 Å². The van der Waals surface area contributed by atoms with Crippen LogP contribution in [0.1, 0.15) is 34.1 Å². The van der Waals surface area contributed by atoms with Crippen molar-refractivity contribution in [1.29, 1.82) is 0 Å². The van der Waals surface area contributed by atoms with Gasteiger partial charge in [0.2, 0.25) is 0 Å². The summed E-state index contributed by atoms with van der Waals surface area (Å²) in [6.45, 7) is 9.50. The van der Waals surface area contributed by atoms with Crippen molar-refractivity contribution in [1.82, 2.24) is 5.32 Å². The largest absolute Gasteiger partial charge is 0.379 e. The standard InChI is InChI=1S/C8H17NS/c1-5-6-9-7(10)8(2,3)4/h5-6H2,1-4H3,(H,9,10). The monoisotopic (exact) mass is 159 g/mol. The van der Waals surface area contributed by atoms with Gasteiger partial charge in [0.05, 0.1) is 4.99 Å². The van der Waals surface area contributed by atoms with E-state index in [0.717, 1.165) is 18.0 Å². The molecule has 10 heavy (non-hydrogen) atoms. The molecule has 0 heterocycles. The molecule has 0 atom stereocenters. The molecule has 0 saturated heterocycles. The van der Waals surface area contributed by atoms with Crippen LogP contribution in [-0.2, 0) is 0 Å². The van der Waals surface area contributed by atoms with Crippen molar-refractivity contribution < 1.29 is 0 Å². The maximum absolute atomic E-state index is 5.15. The fourth-order valence-electron chi connectivity index (χ4n) is 0.504. The second-order valence-electron chi connectivity index (χ2n) is 3.51. The van der Waals surface area contributed by atoms with Crippen LogP contribution in [0, 0.1) is 5.41 Å². The first-order valence-corrected chi connectivity index (χ1v) is 4.17. The van der Waals surface area contributed by atoms with Crippen LogP contribution in [0.4, 0.5) is 0 Å². The van der Waals surface area contributed by atoms with E-state index in [0.29, 0.717) is 0 Å². The smallest absolute Gasteiger partial charge is 0.0807 e. The van der Waals surface area contributed by atoms with E-state index in [1.165, 1.54) is 0 Å². The van der Waals surface area contributed by atoms with Crippen LogP contribution in [0.25, 0.3) is 0 Å². The van der Waals surface area contributed by atoms with Crippen LogP contribution in [-0.4, -0.2) is 11.5 Å². The Labute approximate surface area is 69.2 Å². The molecule has 0 rings (SSSR count). The van der Waals surface area contributed by atoms with E-state index in [4.69, 9.17) is 12.2 Å². The lowest BCUT2D eigenvalue weighted by Gasteiger charge is -2.20. The number of rotatable bonds is 2. The molecule has 0 aromatic heterocycles. The van der Waals surface area contributed by atoms with E-state index >= 15 is 0 Å². The lowest BCUT2D eigenvalue weighted by molar-refractivity contribution is 0.574. The van der Waals surface area contributed by atoms with Crippen LogP contribution >= 0.6 is 12.2 Å². The summed E-state index contributed by atoms with van der Waals surface area (Å²) in [7, 11) is 0. The molecule has 60 valence electrons. The summed E-state index contributed by atoms with van der Waals surface area (Å²) in [4.78, 5) is 0.967. The van der Waals surface area contributed by atoms with Gasteiger partial charge in [0.15, 0.2) is 0 Å². The Balaban J connectivity index is 3.64. The average Bonchev–Trinajstić information content (AvgIpc) is 1.80. The molecule has 0 aromatic rings. The van der Waals surface area contributed by atoms with Gasteiger partial charge in [-0.2, -0.15) is 0 Å². The zero-order chi connectivity index (χ0) is 8.20. The van der Waals surface area contributed by atoms with Crippen molar-refractivity contribution >= 4 is 17.2 Å². The van der Waals surface area contributed by atoms with E-state index in [2.05, 4.69) is 33.0 Å². The topological polar surface area (TPSA) is 12.0 Å². The molecule has 0 aliphatic carbocycles. The third-order valence-corrected chi connectivity index (χ3v) is 1.97. The molecule has 0 aromatic carbocycles. The number of nitrogens with one attached hydrogen (secondary N) is 1. The predicted molar refractivity (Wildman–Crippen MR) is 50.3 cm³/mol. The maximum Gasteiger partial charge on any atom is 0.0807 e. The molecule has 0 amide bonds. The first kappa shape index (κ1) is 9.89. The van der Waals surface area contributed by atoms with Crippen molar-refractivity contribution in [2.45, 2.75) is 34.1 Å². The lowest BCUT2D eigenvalue weighted by atomic mass is 9.97.